The molecule has 0 atom stereocenters. The van der Waals surface area contributed by atoms with Crippen molar-refractivity contribution in [1.29, 1.82) is 0 Å². The molecule has 0 unspecified atom stereocenters. The fraction of sp³-hybridized carbons (Fsp3) is 0.320. The predicted octanol–water partition coefficient (Wildman–Crippen LogP) is 3.97. The number of ether oxygens (including phenoxy) is 3. The third-order valence-electron chi connectivity index (χ3n) is 5.70. The van der Waals surface area contributed by atoms with Crippen LogP contribution in [-0.2, 0) is 9.47 Å². The predicted molar refractivity (Wildman–Crippen MR) is 124 cm³/mol. The van der Waals surface area contributed by atoms with E-state index < -0.39 is 19.2 Å². The Morgan fingerprint density at radius 1 is 1.09 bits per heavy atom. The second-order valence-electron chi connectivity index (χ2n) is 8.00. The van der Waals surface area contributed by atoms with Crippen molar-refractivity contribution in [2.24, 2.45) is 0 Å². The minimum absolute atomic E-state index is 0.0434. The summed E-state index contributed by atoms with van der Waals surface area (Å²) < 4.78 is 41.5. The maximum atomic E-state index is 12.8. The van der Waals surface area contributed by atoms with Gasteiger partial charge in [-0.2, -0.15) is 8.78 Å². The number of Topliss-reactive ketones (excluding diaryl/α,β-unsaturated/α-hetero) is 1. The van der Waals surface area contributed by atoms with Gasteiger partial charge in [-0.25, -0.2) is 9.78 Å². The van der Waals surface area contributed by atoms with E-state index in [1.807, 2.05) is 11.5 Å². The van der Waals surface area contributed by atoms with Crippen molar-refractivity contribution in [3.8, 4) is 11.4 Å². The molecule has 0 bridgehead atoms. The first-order chi connectivity index (χ1) is 16.8. The molecule has 0 aliphatic carbocycles. The highest BCUT2D eigenvalue weighted by molar-refractivity contribution is 6.00. The van der Waals surface area contributed by atoms with Gasteiger partial charge in [0.2, 0.25) is 5.78 Å². The van der Waals surface area contributed by atoms with Crippen LogP contribution in [0.5, 0.6) is 5.75 Å². The zero-order valence-corrected chi connectivity index (χ0v) is 19.4. The number of aromatic nitrogens is 2. The molecule has 0 amide bonds. The third kappa shape index (κ3) is 5.65. The average molecular weight is 485 g/mol. The molecule has 8 nitrogen and oxygen atoms in total. The molecule has 2 aromatic heterocycles. The van der Waals surface area contributed by atoms with Gasteiger partial charge in [-0.15, -0.1) is 0 Å². The van der Waals surface area contributed by atoms with Crippen LogP contribution in [0.25, 0.3) is 5.69 Å². The quantitative estimate of drug-likeness (QED) is 0.353. The van der Waals surface area contributed by atoms with E-state index >= 15 is 0 Å². The summed E-state index contributed by atoms with van der Waals surface area (Å²) in [6.07, 6.45) is 1.44. The van der Waals surface area contributed by atoms with Crippen LogP contribution in [0, 0.1) is 13.8 Å². The highest BCUT2D eigenvalue weighted by atomic mass is 19.3. The summed E-state index contributed by atoms with van der Waals surface area (Å²) in [5.41, 5.74) is 2.75. The summed E-state index contributed by atoms with van der Waals surface area (Å²) in [5.74, 6) is -0.194. The standard InChI is InChI=1S/C25H25F2N3O5/c1-16-13-21(17(2)30(16)19-4-6-20(7-5-19)35-25(26)27)22(31)15-34-24(32)18-3-8-23(28-14-18)29-9-11-33-12-10-29/h3-8,13-14,25H,9-12,15H2,1-2H3. The summed E-state index contributed by atoms with van der Waals surface area (Å²) in [7, 11) is 0. The molecule has 0 spiro atoms. The number of benzene rings is 1. The van der Waals surface area contributed by atoms with E-state index in [-0.39, 0.29) is 17.1 Å². The van der Waals surface area contributed by atoms with Crippen molar-refractivity contribution in [2.75, 3.05) is 37.8 Å². The van der Waals surface area contributed by atoms with Crippen LogP contribution in [0.3, 0.4) is 0 Å². The lowest BCUT2D eigenvalue weighted by Crippen LogP contribution is -2.36. The molecule has 10 heteroatoms. The van der Waals surface area contributed by atoms with Gasteiger partial charge < -0.3 is 23.7 Å². The number of nitrogens with zero attached hydrogens (tertiary/aromatic N) is 3. The Morgan fingerprint density at radius 2 is 1.80 bits per heavy atom. The smallest absolute Gasteiger partial charge is 0.387 e. The summed E-state index contributed by atoms with van der Waals surface area (Å²) in [6, 6.07) is 11.2. The van der Waals surface area contributed by atoms with E-state index in [1.54, 1.807) is 37.3 Å². The first kappa shape index (κ1) is 24.3. The van der Waals surface area contributed by atoms with E-state index in [0.29, 0.717) is 30.2 Å². The van der Waals surface area contributed by atoms with Crippen molar-refractivity contribution >= 4 is 17.6 Å². The lowest BCUT2D eigenvalue weighted by atomic mass is 10.1. The van der Waals surface area contributed by atoms with Gasteiger partial charge in [-0.3, -0.25) is 4.79 Å². The maximum absolute atomic E-state index is 12.8. The van der Waals surface area contributed by atoms with Crippen LogP contribution in [0.1, 0.15) is 32.1 Å². The molecule has 3 aromatic rings. The summed E-state index contributed by atoms with van der Waals surface area (Å²) in [4.78, 5) is 31.6. The lowest BCUT2D eigenvalue weighted by molar-refractivity contribution is -0.0498. The number of esters is 1. The van der Waals surface area contributed by atoms with Crippen LogP contribution in [-0.4, -0.2) is 60.8 Å². The van der Waals surface area contributed by atoms with Crippen molar-refractivity contribution in [1.82, 2.24) is 9.55 Å². The highest BCUT2D eigenvalue weighted by Gasteiger charge is 2.20. The zero-order chi connectivity index (χ0) is 24.9. The molecular formula is C25H25F2N3O5. The zero-order valence-electron chi connectivity index (χ0n) is 19.4. The number of hydrogen-bond donors (Lipinski definition) is 0. The Kier molecular flexibility index (Phi) is 7.40. The molecule has 3 heterocycles. The monoisotopic (exact) mass is 485 g/mol. The lowest BCUT2D eigenvalue weighted by Gasteiger charge is -2.27. The topological polar surface area (TPSA) is 82.9 Å². The minimum atomic E-state index is -2.90. The molecule has 184 valence electrons. The second-order valence-corrected chi connectivity index (χ2v) is 8.00. The van der Waals surface area contributed by atoms with Crippen molar-refractivity contribution < 1.29 is 32.6 Å². The Labute approximate surface area is 201 Å². The number of aryl methyl sites for hydroxylation is 1. The van der Waals surface area contributed by atoms with Crippen molar-refractivity contribution in [2.45, 2.75) is 20.5 Å². The number of carbonyl (C=O) groups is 2. The van der Waals surface area contributed by atoms with E-state index in [9.17, 15) is 18.4 Å². The molecule has 35 heavy (non-hydrogen) atoms. The van der Waals surface area contributed by atoms with Gasteiger partial charge >= 0.3 is 12.6 Å². The molecule has 0 N–H and O–H groups in total. The van der Waals surface area contributed by atoms with Gasteiger partial charge in [0, 0.05) is 41.9 Å². The van der Waals surface area contributed by atoms with Crippen LogP contribution >= 0.6 is 0 Å². The molecular weight excluding hydrogens is 460 g/mol. The number of carbonyl (C=O) groups excluding carboxylic acids is 2. The molecule has 0 radical (unpaired) electrons. The number of alkyl halides is 2. The number of ketones is 1. The second kappa shape index (κ2) is 10.6. The summed E-state index contributed by atoms with van der Waals surface area (Å²) in [5, 5.41) is 0. The average Bonchev–Trinajstić information content (AvgIpc) is 3.17. The summed E-state index contributed by atoms with van der Waals surface area (Å²) >= 11 is 0. The van der Waals surface area contributed by atoms with Gasteiger partial charge in [-0.05, 0) is 56.3 Å². The van der Waals surface area contributed by atoms with Gasteiger partial charge in [0.1, 0.15) is 11.6 Å². The van der Waals surface area contributed by atoms with Crippen LogP contribution in [0.15, 0.2) is 48.7 Å². The van der Waals surface area contributed by atoms with E-state index in [0.717, 1.165) is 24.6 Å². The van der Waals surface area contributed by atoms with Gasteiger partial charge in [0.15, 0.2) is 6.61 Å². The highest BCUT2D eigenvalue weighted by Crippen LogP contribution is 2.24. The Hall–Kier alpha value is -3.79. The molecule has 1 saturated heterocycles. The fourth-order valence-corrected chi connectivity index (χ4v) is 4.00. The first-order valence-electron chi connectivity index (χ1n) is 11.1. The number of morpholine rings is 1. The molecule has 1 fully saturated rings. The number of pyridine rings is 1. The van der Waals surface area contributed by atoms with Gasteiger partial charge in [-0.1, -0.05) is 0 Å². The molecule has 1 aliphatic rings. The third-order valence-corrected chi connectivity index (χ3v) is 5.70. The van der Waals surface area contributed by atoms with Crippen molar-refractivity contribution in [3.63, 3.8) is 0 Å². The Morgan fingerprint density at radius 3 is 2.43 bits per heavy atom. The van der Waals surface area contributed by atoms with Crippen LogP contribution in [0.4, 0.5) is 14.6 Å². The molecule has 1 aromatic carbocycles. The number of hydrogen-bond acceptors (Lipinski definition) is 7. The Balaban J connectivity index is 1.40. The molecule has 0 saturated carbocycles. The minimum Gasteiger partial charge on any atom is -0.454 e. The largest absolute Gasteiger partial charge is 0.454 e. The SMILES string of the molecule is Cc1cc(C(=O)COC(=O)c2ccc(N3CCOCC3)nc2)c(C)n1-c1ccc(OC(F)F)cc1. The van der Waals surface area contributed by atoms with Gasteiger partial charge in [0.05, 0.1) is 18.8 Å². The first-order valence-corrected chi connectivity index (χ1v) is 11.1. The van der Waals surface area contributed by atoms with Crippen molar-refractivity contribution in [3.05, 3.63) is 71.2 Å². The Bertz CT molecular complexity index is 1190. The fourth-order valence-electron chi connectivity index (χ4n) is 4.00. The normalized spacial score (nSPS) is 13.7. The summed E-state index contributed by atoms with van der Waals surface area (Å²) in [6.45, 7) is 2.99. The van der Waals surface area contributed by atoms with E-state index in [4.69, 9.17) is 9.47 Å². The molecule has 4 rings (SSSR count). The number of anilines is 1. The van der Waals surface area contributed by atoms with Gasteiger partial charge in [0.25, 0.3) is 0 Å². The maximum Gasteiger partial charge on any atom is 0.387 e. The van der Waals surface area contributed by atoms with E-state index in [1.165, 1.54) is 18.3 Å². The number of rotatable bonds is 8. The number of halogens is 2. The molecule has 1 aliphatic heterocycles. The van der Waals surface area contributed by atoms with Crippen LogP contribution < -0.4 is 9.64 Å². The van der Waals surface area contributed by atoms with Crippen LogP contribution in [0.2, 0.25) is 0 Å². The van der Waals surface area contributed by atoms with E-state index in [2.05, 4.69) is 14.6 Å².